The molecule has 0 fully saturated rings. The van der Waals surface area contributed by atoms with Crippen LogP contribution in [0.15, 0.2) is 73.3 Å². The van der Waals surface area contributed by atoms with Crippen molar-refractivity contribution in [1.82, 2.24) is 20.4 Å². The zero-order valence-corrected chi connectivity index (χ0v) is 13.1. The van der Waals surface area contributed by atoms with Crippen molar-refractivity contribution in [1.29, 1.82) is 0 Å². The average molecular weight is 322 g/mol. The Morgan fingerprint density at radius 3 is 2.58 bits per heavy atom. The van der Waals surface area contributed by atoms with Crippen molar-refractivity contribution in [2.24, 2.45) is 0 Å². The second kappa shape index (κ2) is 7.94. The quantitative estimate of drug-likeness (QED) is 0.655. The highest BCUT2D eigenvalue weighted by Gasteiger charge is 2.05. The number of ether oxygens (including phenoxy) is 1. The Balaban J connectivity index is 1.47. The largest absolute Gasteiger partial charge is 0.489 e. The van der Waals surface area contributed by atoms with Gasteiger partial charge in [0.05, 0.1) is 13.0 Å². The van der Waals surface area contributed by atoms with Crippen LogP contribution in [0.3, 0.4) is 0 Å². The van der Waals surface area contributed by atoms with E-state index in [1.54, 1.807) is 47.6 Å². The van der Waals surface area contributed by atoms with E-state index in [-0.39, 0.29) is 5.91 Å². The van der Waals surface area contributed by atoms with Gasteiger partial charge in [0.2, 0.25) is 0 Å². The van der Waals surface area contributed by atoms with Crippen LogP contribution in [0.25, 0.3) is 0 Å². The van der Waals surface area contributed by atoms with E-state index in [1.165, 1.54) is 0 Å². The summed E-state index contributed by atoms with van der Waals surface area (Å²) in [5.41, 5.74) is 7.13. The van der Waals surface area contributed by atoms with E-state index < -0.39 is 0 Å². The number of benzene rings is 2. The molecule has 0 atom stereocenters. The highest BCUT2D eigenvalue weighted by molar-refractivity contribution is 5.93. The molecule has 0 aliphatic carbocycles. The summed E-state index contributed by atoms with van der Waals surface area (Å²) < 4.78 is 7.51. The molecule has 2 aromatic carbocycles. The standard InChI is InChI=1S/C18H18N4O2/c23-18(21-20-14-22-11-10-19-13-22)16-6-8-17(9-7-16)24-12-15-4-2-1-3-5-15/h1-11,13,20H,12,14H2,(H,21,23). The molecule has 1 amide bonds. The second-order valence-corrected chi connectivity index (χ2v) is 5.16. The number of hydrogen-bond acceptors (Lipinski definition) is 4. The molecule has 0 spiro atoms. The van der Waals surface area contributed by atoms with Crippen molar-refractivity contribution in [3.8, 4) is 5.75 Å². The number of rotatable bonds is 7. The lowest BCUT2D eigenvalue weighted by Crippen LogP contribution is -2.38. The van der Waals surface area contributed by atoms with E-state index in [0.717, 1.165) is 11.3 Å². The molecule has 6 nitrogen and oxygen atoms in total. The molecule has 0 unspecified atom stereocenters. The SMILES string of the molecule is O=C(NNCn1ccnc1)c1ccc(OCc2ccccc2)cc1. The van der Waals surface area contributed by atoms with Gasteiger partial charge in [-0.2, -0.15) is 0 Å². The van der Waals surface area contributed by atoms with E-state index in [0.29, 0.717) is 18.8 Å². The van der Waals surface area contributed by atoms with Crippen LogP contribution in [0, 0.1) is 0 Å². The van der Waals surface area contributed by atoms with Gasteiger partial charge in [0.1, 0.15) is 12.4 Å². The van der Waals surface area contributed by atoms with E-state index >= 15 is 0 Å². The molecule has 24 heavy (non-hydrogen) atoms. The minimum Gasteiger partial charge on any atom is -0.489 e. The van der Waals surface area contributed by atoms with Gasteiger partial charge < -0.3 is 9.30 Å². The first-order chi connectivity index (χ1) is 11.8. The molecule has 0 aliphatic heterocycles. The summed E-state index contributed by atoms with van der Waals surface area (Å²) in [4.78, 5) is 15.9. The Morgan fingerprint density at radius 1 is 1.08 bits per heavy atom. The Labute approximate surface area is 140 Å². The lowest BCUT2D eigenvalue weighted by atomic mass is 10.2. The van der Waals surface area contributed by atoms with Gasteiger partial charge in [0.25, 0.3) is 5.91 Å². The van der Waals surface area contributed by atoms with Crippen LogP contribution in [-0.2, 0) is 13.3 Å². The van der Waals surface area contributed by atoms with Crippen molar-refractivity contribution >= 4 is 5.91 Å². The Bertz CT molecular complexity index is 755. The molecular formula is C18H18N4O2. The van der Waals surface area contributed by atoms with E-state index in [4.69, 9.17) is 4.74 Å². The molecule has 0 saturated heterocycles. The van der Waals surface area contributed by atoms with Crippen molar-refractivity contribution in [2.45, 2.75) is 13.3 Å². The topological polar surface area (TPSA) is 68.2 Å². The minimum absolute atomic E-state index is 0.204. The number of aromatic nitrogens is 2. The molecule has 0 aliphatic rings. The number of hydrazine groups is 1. The molecule has 1 heterocycles. The van der Waals surface area contributed by atoms with Crippen LogP contribution in [0.2, 0.25) is 0 Å². The van der Waals surface area contributed by atoms with Gasteiger partial charge in [-0.25, -0.2) is 10.4 Å². The molecule has 1 aromatic heterocycles. The van der Waals surface area contributed by atoms with E-state index in [1.807, 2.05) is 30.3 Å². The first-order valence-corrected chi connectivity index (χ1v) is 7.57. The first-order valence-electron chi connectivity index (χ1n) is 7.57. The number of carbonyl (C=O) groups is 1. The zero-order chi connectivity index (χ0) is 16.6. The summed E-state index contributed by atoms with van der Waals surface area (Å²) in [7, 11) is 0. The molecule has 0 saturated carbocycles. The third kappa shape index (κ3) is 4.44. The molecule has 3 rings (SSSR count). The van der Waals surface area contributed by atoms with Gasteiger partial charge in [0, 0.05) is 18.0 Å². The van der Waals surface area contributed by atoms with Crippen LogP contribution in [0.1, 0.15) is 15.9 Å². The number of nitrogens with zero attached hydrogens (tertiary/aromatic N) is 2. The maximum atomic E-state index is 12.0. The van der Waals surface area contributed by atoms with Crippen LogP contribution in [0.4, 0.5) is 0 Å². The third-order valence-corrected chi connectivity index (χ3v) is 3.39. The second-order valence-electron chi connectivity index (χ2n) is 5.16. The van der Waals surface area contributed by atoms with Gasteiger partial charge in [-0.3, -0.25) is 10.2 Å². The van der Waals surface area contributed by atoms with Crippen LogP contribution in [0.5, 0.6) is 5.75 Å². The number of nitrogens with one attached hydrogen (secondary N) is 2. The Kier molecular flexibility index (Phi) is 5.21. The maximum Gasteiger partial charge on any atom is 0.265 e. The van der Waals surface area contributed by atoms with Crippen LogP contribution in [-0.4, -0.2) is 15.5 Å². The van der Waals surface area contributed by atoms with Crippen LogP contribution >= 0.6 is 0 Å². The van der Waals surface area contributed by atoms with Crippen molar-refractivity contribution < 1.29 is 9.53 Å². The van der Waals surface area contributed by atoms with Crippen molar-refractivity contribution in [3.63, 3.8) is 0 Å². The molecule has 0 bridgehead atoms. The van der Waals surface area contributed by atoms with Crippen molar-refractivity contribution in [3.05, 3.63) is 84.4 Å². The highest BCUT2D eigenvalue weighted by atomic mass is 16.5. The summed E-state index contributed by atoms with van der Waals surface area (Å²) >= 11 is 0. The summed E-state index contributed by atoms with van der Waals surface area (Å²) in [6.07, 6.45) is 5.15. The number of imidazole rings is 1. The predicted octanol–water partition coefficient (Wildman–Crippen LogP) is 2.35. The Hall–Kier alpha value is -3.12. The molecule has 6 heteroatoms. The fourth-order valence-electron chi connectivity index (χ4n) is 2.11. The maximum absolute atomic E-state index is 12.0. The number of carbonyl (C=O) groups excluding carboxylic acids is 1. The zero-order valence-electron chi connectivity index (χ0n) is 13.1. The van der Waals surface area contributed by atoms with Crippen molar-refractivity contribution in [2.75, 3.05) is 0 Å². The van der Waals surface area contributed by atoms with Crippen LogP contribution < -0.4 is 15.6 Å². The Morgan fingerprint density at radius 2 is 1.88 bits per heavy atom. The lowest BCUT2D eigenvalue weighted by molar-refractivity contribution is 0.0928. The van der Waals surface area contributed by atoms with Gasteiger partial charge in [-0.1, -0.05) is 30.3 Å². The number of amides is 1. The summed E-state index contributed by atoms with van der Waals surface area (Å²) in [5, 5.41) is 0. The first kappa shape index (κ1) is 15.8. The van der Waals surface area contributed by atoms with E-state index in [9.17, 15) is 4.79 Å². The summed E-state index contributed by atoms with van der Waals surface area (Å²) in [6, 6.07) is 17.0. The fraction of sp³-hybridized carbons (Fsp3) is 0.111. The third-order valence-electron chi connectivity index (χ3n) is 3.39. The molecule has 0 radical (unpaired) electrons. The molecule has 3 aromatic rings. The van der Waals surface area contributed by atoms with Gasteiger partial charge in [-0.15, -0.1) is 0 Å². The summed E-state index contributed by atoms with van der Waals surface area (Å²) in [5.74, 6) is 0.520. The van der Waals surface area contributed by atoms with Gasteiger partial charge >= 0.3 is 0 Å². The lowest BCUT2D eigenvalue weighted by Gasteiger charge is -2.09. The predicted molar refractivity (Wildman–Crippen MR) is 90.0 cm³/mol. The monoisotopic (exact) mass is 322 g/mol. The minimum atomic E-state index is -0.204. The smallest absolute Gasteiger partial charge is 0.265 e. The molecular weight excluding hydrogens is 304 g/mol. The average Bonchev–Trinajstić information content (AvgIpc) is 3.15. The fourth-order valence-corrected chi connectivity index (χ4v) is 2.11. The van der Waals surface area contributed by atoms with Gasteiger partial charge in [0.15, 0.2) is 0 Å². The summed E-state index contributed by atoms with van der Waals surface area (Å²) in [6.45, 7) is 0.947. The normalized spacial score (nSPS) is 10.3. The number of hydrogen-bond donors (Lipinski definition) is 2. The van der Waals surface area contributed by atoms with Gasteiger partial charge in [-0.05, 0) is 29.8 Å². The molecule has 122 valence electrons. The van der Waals surface area contributed by atoms with E-state index in [2.05, 4.69) is 15.8 Å². The molecule has 2 N–H and O–H groups in total. The highest BCUT2D eigenvalue weighted by Crippen LogP contribution is 2.14.